The third-order valence-electron chi connectivity index (χ3n) is 3.03. The molecule has 1 aromatic carbocycles. The summed E-state index contributed by atoms with van der Waals surface area (Å²) in [4.78, 5) is 0. The Balaban J connectivity index is 2.43. The van der Waals surface area contributed by atoms with Crippen LogP contribution in [0.4, 0.5) is 13.2 Å². The topological polar surface area (TPSA) is 38.0 Å². The SMILES string of the molecule is CCCn1nccc1C(O)c1ccccc1C(F)(F)F. The Morgan fingerprint density at radius 1 is 1.25 bits per heavy atom. The number of hydrogen-bond donors (Lipinski definition) is 1. The average molecular weight is 284 g/mol. The van der Waals surface area contributed by atoms with E-state index in [1.54, 1.807) is 0 Å². The lowest BCUT2D eigenvalue weighted by atomic mass is 10.00. The molecule has 108 valence electrons. The Labute approximate surface area is 114 Å². The largest absolute Gasteiger partial charge is 0.416 e. The molecule has 0 amide bonds. The number of alkyl halides is 3. The van der Waals surface area contributed by atoms with Crippen LogP contribution in [0.1, 0.15) is 36.3 Å². The summed E-state index contributed by atoms with van der Waals surface area (Å²) in [6.45, 7) is 2.48. The minimum atomic E-state index is -4.49. The van der Waals surface area contributed by atoms with Crippen molar-refractivity contribution >= 4 is 0 Å². The van der Waals surface area contributed by atoms with E-state index in [1.807, 2.05) is 6.92 Å². The first-order valence-electron chi connectivity index (χ1n) is 6.31. The van der Waals surface area contributed by atoms with Crippen molar-refractivity contribution in [3.05, 3.63) is 53.3 Å². The van der Waals surface area contributed by atoms with Crippen LogP contribution in [-0.2, 0) is 12.7 Å². The molecular weight excluding hydrogens is 269 g/mol. The van der Waals surface area contributed by atoms with E-state index < -0.39 is 17.8 Å². The summed E-state index contributed by atoms with van der Waals surface area (Å²) in [5.41, 5.74) is -0.613. The first-order valence-corrected chi connectivity index (χ1v) is 6.31. The second kappa shape index (κ2) is 5.66. The molecule has 6 heteroatoms. The molecule has 0 aliphatic rings. The molecule has 1 atom stereocenters. The van der Waals surface area contributed by atoms with Gasteiger partial charge in [0.05, 0.1) is 11.3 Å². The van der Waals surface area contributed by atoms with E-state index in [4.69, 9.17) is 0 Å². The van der Waals surface area contributed by atoms with Gasteiger partial charge in [0.1, 0.15) is 6.10 Å². The predicted molar refractivity (Wildman–Crippen MR) is 68.0 cm³/mol. The summed E-state index contributed by atoms with van der Waals surface area (Å²) in [6.07, 6.45) is -3.58. The molecule has 0 fully saturated rings. The smallest absolute Gasteiger partial charge is 0.382 e. The molecule has 2 aromatic rings. The highest BCUT2D eigenvalue weighted by Crippen LogP contribution is 2.36. The molecule has 0 spiro atoms. The first-order chi connectivity index (χ1) is 9.45. The zero-order chi connectivity index (χ0) is 14.8. The van der Waals surface area contributed by atoms with Gasteiger partial charge >= 0.3 is 6.18 Å². The molecule has 2 rings (SSSR count). The summed E-state index contributed by atoms with van der Waals surface area (Å²) < 4.78 is 40.4. The lowest BCUT2D eigenvalue weighted by molar-refractivity contribution is -0.139. The molecule has 0 aliphatic carbocycles. The maximum absolute atomic E-state index is 13.0. The number of nitrogens with zero attached hydrogens (tertiary/aromatic N) is 2. The van der Waals surface area contributed by atoms with E-state index in [2.05, 4.69) is 5.10 Å². The van der Waals surface area contributed by atoms with Crippen LogP contribution < -0.4 is 0 Å². The lowest BCUT2D eigenvalue weighted by Gasteiger charge is -2.18. The quantitative estimate of drug-likeness (QED) is 0.934. The van der Waals surface area contributed by atoms with Crippen molar-refractivity contribution in [2.45, 2.75) is 32.2 Å². The molecule has 3 nitrogen and oxygen atoms in total. The average Bonchev–Trinajstić information content (AvgIpc) is 2.85. The molecular formula is C14H15F3N2O. The van der Waals surface area contributed by atoms with Crippen LogP contribution in [0.15, 0.2) is 36.5 Å². The summed E-state index contributed by atoms with van der Waals surface area (Å²) in [5, 5.41) is 14.3. The standard InChI is InChI=1S/C14H15F3N2O/c1-2-9-19-12(7-8-18-19)13(20)10-5-3-4-6-11(10)14(15,16)17/h3-8,13,20H,2,9H2,1H3. The Morgan fingerprint density at radius 2 is 1.95 bits per heavy atom. The van der Waals surface area contributed by atoms with Gasteiger partial charge < -0.3 is 5.11 Å². The maximum atomic E-state index is 13.0. The summed E-state index contributed by atoms with van der Waals surface area (Å²) in [7, 11) is 0. The minimum absolute atomic E-state index is 0.155. The van der Waals surface area contributed by atoms with Crippen LogP contribution in [-0.4, -0.2) is 14.9 Å². The van der Waals surface area contributed by atoms with Gasteiger partial charge in [0.2, 0.25) is 0 Å². The Bertz CT molecular complexity index is 578. The van der Waals surface area contributed by atoms with E-state index >= 15 is 0 Å². The van der Waals surface area contributed by atoms with E-state index in [0.717, 1.165) is 12.5 Å². The number of aryl methyl sites for hydroxylation is 1. The maximum Gasteiger partial charge on any atom is 0.416 e. The van der Waals surface area contributed by atoms with Crippen LogP contribution in [0.5, 0.6) is 0 Å². The van der Waals surface area contributed by atoms with Crippen molar-refractivity contribution in [3.63, 3.8) is 0 Å². The van der Waals surface area contributed by atoms with Crippen LogP contribution in [0, 0.1) is 0 Å². The lowest BCUT2D eigenvalue weighted by Crippen LogP contribution is -2.15. The molecule has 0 saturated carbocycles. The Kier molecular flexibility index (Phi) is 4.13. The van der Waals surface area contributed by atoms with E-state index in [-0.39, 0.29) is 5.56 Å². The number of rotatable bonds is 4. The molecule has 0 aliphatic heterocycles. The monoisotopic (exact) mass is 284 g/mol. The van der Waals surface area contributed by atoms with Gasteiger partial charge in [-0.15, -0.1) is 0 Å². The molecule has 1 unspecified atom stereocenters. The number of halogens is 3. The van der Waals surface area contributed by atoms with E-state index in [1.165, 1.54) is 35.1 Å². The predicted octanol–water partition coefficient (Wildman–Crippen LogP) is 3.39. The van der Waals surface area contributed by atoms with Crippen molar-refractivity contribution in [2.24, 2.45) is 0 Å². The molecule has 20 heavy (non-hydrogen) atoms. The van der Waals surface area contributed by atoms with Crippen LogP contribution in [0.2, 0.25) is 0 Å². The van der Waals surface area contributed by atoms with Gasteiger partial charge in [-0.1, -0.05) is 25.1 Å². The zero-order valence-electron chi connectivity index (χ0n) is 10.9. The number of benzene rings is 1. The molecule has 0 bridgehead atoms. The van der Waals surface area contributed by atoms with Crippen LogP contribution >= 0.6 is 0 Å². The van der Waals surface area contributed by atoms with Gasteiger partial charge in [-0.2, -0.15) is 18.3 Å². The first kappa shape index (κ1) is 14.6. The van der Waals surface area contributed by atoms with Crippen molar-refractivity contribution in [3.8, 4) is 0 Å². The van der Waals surface area contributed by atoms with Crippen LogP contribution in [0.3, 0.4) is 0 Å². The van der Waals surface area contributed by atoms with Crippen molar-refractivity contribution in [1.82, 2.24) is 9.78 Å². The summed E-state index contributed by atoms with van der Waals surface area (Å²) >= 11 is 0. The highest BCUT2D eigenvalue weighted by molar-refractivity contribution is 5.35. The number of aromatic nitrogens is 2. The number of aliphatic hydroxyl groups is 1. The molecule has 0 saturated heterocycles. The highest BCUT2D eigenvalue weighted by Gasteiger charge is 2.35. The fourth-order valence-corrected chi connectivity index (χ4v) is 2.13. The fraction of sp³-hybridized carbons (Fsp3) is 0.357. The zero-order valence-corrected chi connectivity index (χ0v) is 10.9. The minimum Gasteiger partial charge on any atom is -0.382 e. The molecule has 1 N–H and O–H groups in total. The third kappa shape index (κ3) is 2.85. The van der Waals surface area contributed by atoms with E-state index in [9.17, 15) is 18.3 Å². The van der Waals surface area contributed by atoms with Gasteiger partial charge in [0, 0.05) is 12.7 Å². The molecule has 1 aromatic heterocycles. The van der Waals surface area contributed by atoms with Crippen molar-refractivity contribution in [1.29, 1.82) is 0 Å². The van der Waals surface area contributed by atoms with E-state index in [0.29, 0.717) is 12.2 Å². The van der Waals surface area contributed by atoms with Gasteiger partial charge in [0.25, 0.3) is 0 Å². The Hall–Kier alpha value is -1.82. The number of hydrogen-bond acceptors (Lipinski definition) is 2. The second-order valence-corrected chi connectivity index (χ2v) is 4.47. The highest BCUT2D eigenvalue weighted by atomic mass is 19.4. The van der Waals surface area contributed by atoms with Gasteiger partial charge in [0.15, 0.2) is 0 Å². The third-order valence-corrected chi connectivity index (χ3v) is 3.03. The van der Waals surface area contributed by atoms with Gasteiger partial charge in [-0.05, 0) is 24.1 Å². The summed E-state index contributed by atoms with van der Waals surface area (Å²) in [6, 6.07) is 6.58. The van der Waals surface area contributed by atoms with Crippen molar-refractivity contribution < 1.29 is 18.3 Å². The normalized spacial score (nSPS) is 13.4. The van der Waals surface area contributed by atoms with Crippen molar-refractivity contribution in [2.75, 3.05) is 0 Å². The van der Waals surface area contributed by atoms with Gasteiger partial charge in [-0.25, -0.2) is 0 Å². The fourth-order valence-electron chi connectivity index (χ4n) is 2.13. The number of aliphatic hydroxyl groups excluding tert-OH is 1. The Morgan fingerprint density at radius 3 is 2.60 bits per heavy atom. The second-order valence-electron chi connectivity index (χ2n) is 4.47. The molecule has 1 heterocycles. The van der Waals surface area contributed by atoms with Gasteiger partial charge in [-0.3, -0.25) is 4.68 Å². The molecule has 0 radical (unpaired) electrons. The van der Waals surface area contributed by atoms with Crippen LogP contribution in [0.25, 0.3) is 0 Å². The summed E-state index contributed by atoms with van der Waals surface area (Å²) in [5.74, 6) is 0.